The van der Waals surface area contributed by atoms with Crippen LogP contribution in [0.3, 0.4) is 0 Å². The molecule has 0 atom stereocenters. The number of aromatic nitrogens is 1. The van der Waals surface area contributed by atoms with Gasteiger partial charge in [-0.05, 0) is 19.9 Å². The van der Waals surface area contributed by atoms with Gasteiger partial charge in [-0.25, -0.2) is 0 Å². The number of carbonyl (C=O) groups excluding carboxylic acids is 1. The Bertz CT molecular complexity index is 284. The molecule has 0 saturated carbocycles. The molecular weight excluding hydrogens is 154 g/mol. The number of ether oxygens (including phenoxy) is 1. The van der Waals surface area contributed by atoms with Crippen molar-refractivity contribution in [1.82, 2.24) is 4.98 Å². The molecule has 1 heterocycles. The van der Waals surface area contributed by atoms with Gasteiger partial charge in [0.25, 0.3) is 0 Å². The summed E-state index contributed by atoms with van der Waals surface area (Å²) in [6.07, 6.45) is 2.31. The molecule has 0 unspecified atom stereocenters. The Hall–Kier alpha value is -1.38. The predicted molar refractivity (Wildman–Crippen MR) is 45.5 cm³/mol. The maximum atomic E-state index is 10.5. The normalized spacial score (nSPS) is 9.50. The van der Waals surface area contributed by atoms with Gasteiger partial charge in [-0.2, -0.15) is 0 Å². The van der Waals surface area contributed by atoms with Crippen molar-refractivity contribution >= 4 is 6.29 Å². The lowest BCUT2D eigenvalue weighted by molar-refractivity contribution is 0.111. The second-order valence-electron chi connectivity index (χ2n) is 2.37. The molecule has 0 fully saturated rings. The second-order valence-corrected chi connectivity index (χ2v) is 2.37. The summed E-state index contributed by atoms with van der Waals surface area (Å²) >= 11 is 0. The molecule has 64 valence electrons. The van der Waals surface area contributed by atoms with Crippen LogP contribution in [-0.2, 0) is 0 Å². The van der Waals surface area contributed by atoms with Gasteiger partial charge in [0.1, 0.15) is 11.4 Å². The van der Waals surface area contributed by atoms with Crippen LogP contribution in [0.25, 0.3) is 0 Å². The van der Waals surface area contributed by atoms with E-state index in [-0.39, 0.29) is 0 Å². The minimum absolute atomic E-state index is 0.445. The molecule has 0 aliphatic carbocycles. The van der Waals surface area contributed by atoms with Crippen LogP contribution < -0.4 is 4.74 Å². The zero-order valence-corrected chi connectivity index (χ0v) is 7.20. The van der Waals surface area contributed by atoms with Gasteiger partial charge in [0.2, 0.25) is 0 Å². The molecule has 0 aliphatic rings. The van der Waals surface area contributed by atoms with Crippen molar-refractivity contribution in [3.8, 4) is 5.75 Å². The molecule has 1 aromatic rings. The second kappa shape index (κ2) is 3.85. The standard InChI is InChI=1S/C9H11NO2/c1-3-12-9-4-5-10-8(6-11)7(9)2/h4-6H,3H2,1-2H3. The van der Waals surface area contributed by atoms with E-state index in [1.807, 2.05) is 13.8 Å². The third kappa shape index (κ3) is 1.61. The lowest BCUT2D eigenvalue weighted by Gasteiger charge is -2.06. The first-order valence-electron chi connectivity index (χ1n) is 3.83. The third-order valence-electron chi connectivity index (χ3n) is 1.60. The monoisotopic (exact) mass is 165 g/mol. The third-order valence-corrected chi connectivity index (χ3v) is 1.60. The minimum atomic E-state index is 0.445. The largest absolute Gasteiger partial charge is 0.493 e. The van der Waals surface area contributed by atoms with E-state index in [1.54, 1.807) is 12.3 Å². The summed E-state index contributed by atoms with van der Waals surface area (Å²) in [6.45, 7) is 4.32. The van der Waals surface area contributed by atoms with Crippen LogP contribution in [0.4, 0.5) is 0 Å². The summed E-state index contributed by atoms with van der Waals surface area (Å²) in [5.41, 5.74) is 1.25. The fourth-order valence-electron chi connectivity index (χ4n) is 0.964. The van der Waals surface area contributed by atoms with Gasteiger partial charge < -0.3 is 4.74 Å². The highest BCUT2D eigenvalue weighted by atomic mass is 16.5. The number of carbonyl (C=O) groups is 1. The molecule has 1 aromatic heterocycles. The topological polar surface area (TPSA) is 39.2 Å². The fourth-order valence-corrected chi connectivity index (χ4v) is 0.964. The van der Waals surface area contributed by atoms with Crippen molar-refractivity contribution in [3.63, 3.8) is 0 Å². The Balaban J connectivity index is 3.04. The maximum Gasteiger partial charge on any atom is 0.168 e. The maximum absolute atomic E-state index is 10.5. The average Bonchev–Trinajstić information content (AvgIpc) is 2.09. The van der Waals surface area contributed by atoms with Crippen LogP contribution in [0.1, 0.15) is 23.0 Å². The van der Waals surface area contributed by atoms with Crippen molar-refractivity contribution < 1.29 is 9.53 Å². The highest BCUT2D eigenvalue weighted by Crippen LogP contribution is 2.17. The fraction of sp³-hybridized carbons (Fsp3) is 0.333. The van der Waals surface area contributed by atoms with E-state index in [4.69, 9.17) is 4.74 Å². The molecule has 0 N–H and O–H groups in total. The molecule has 0 spiro atoms. The molecule has 0 saturated heterocycles. The highest BCUT2D eigenvalue weighted by Gasteiger charge is 2.03. The van der Waals surface area contributed by atoms with Crippen LogP contribution in [-0.4, -0.2) is 17.9 Å². The number of hydrogen-bond donors (Lipinski definition) is 0. The van der Waals surface area contributed by atoms with E-state index in [0.717, 1.165) is 17.6 Å². The molecule has 0 bridgehead atoms. The van der Waals surface area contributed by atoms with Gasteiger partial charge in [0, 0.05) is 11.8 Å². The lowest BCUT2D eigenvalue weighted by Crippen LogP contribution is -1.98. The van der Waals surface area contributed by atoms with Gasteiger partial charge in [-0.3, -0.25) is 9.78 Å². The lowest BCUT2D eigenvalue weighted by atomic mass is 10.2. The average molecular weight is 165 g/mol. The zero-order valence-electron chi connectivity index (χ0n) is 7.20. The summed E-state index contributed by atoms with van der Waals surface area (Å²) in [5, 5.41) is 0. The van der Waals surface area contributed by atoms with Crippen LogP contribution in [0.5, 0.6) is 5.75 Å². The van der Waals surface area contributed by atoms with Gasteiger partial charge in [0.15, 0.2) is 6.29 Å². The first kappa shape index (κ1) is 8.71. The quantitative estimate of drug-likeness (QED) is 0.638. The summed E-state index contributed by atoms with van der Waals surface area (Å²) in [7, 11) is 0. The van der Waals surface area contributed by atoms with Gasteiger partial charge in [0.05, 0.1) is 6.61 Å². The first-order valence-corrected chi connectivity index (χ1v) is 3.83. The van der Waals surface area contributed by atoms with Gasteiger partial charge in [-0.15, -0.1) is 0 Å². The molecule has 0 aromatic carbocycles. The Kier molecular flexibility index (Phi) is 2.80. The Morgan fingerprint density at radius 3 is 3.00 bits per heavy atom. The zero-order chi connectivity index (χ0) is 8.97. The van der Waals surface area contributed by atoms with E-state index in [1.165, 1.54) is 0 Å². The summed E-state index contributed by atoms with van der Waals surface area (Å²) in [6, 6.07) is 1.76. The minimum Gasteiger partial charge on any atom is -0.493 e. The Labute approximate surface area is 71.4 Å². The van der Waals surface area contributed by atoms with E-state index in [9.17, 15) is 4.79 Å². The summed E-state index contributed by atoms with van der Waals surface area (Å²) < 4.78 is 5.28. The van der Waals surface area contributed by atoms with Crippen molar-refractivity contribution in [3.05, 3.63) is 23.5 Å². The molecule has 3 nitrogen and oxygen atoms in total. The van der Waals surface area contributed by atoms with Crippen LogP contribution >= 0.6 is 0 Å². The molecule has 0 aliphatic heterocycles. The van der Waals surface area contributed by atoms with Crippen LogP contribution in [0, 0.1) is 6.92 Å². The molecule has 1 rings (SSSR count). The predicted octanol–water partition coefficient (Wildman–Crippen LogP) is 1.60. The molecule has 0 amide bonds. The Morgan fingerprint density at radius 2 is 2.42 bits per heavy atom. The number of pyridine rings is 1. The van der Waals surface area contributed by atoms with Crippen molar-refractivity contribution in [2.45, 2.75) is 13.8 Å². The smallest absolute Gasteiger partial charge is 0.168 e. The van der Waals surface area contributed by atoms with E-state index in [2.05, 4.69) is 4.98 Å². The van der Waals surface area contributed by atoms with Crippen molar-refractivity contribution in [2.24, 2.45) is 0 Å². The molecule has 3 heteroatoms. The van der Waals surface area contributed by atoms with Crippen molar-refractivity contribution in [2.75, 3.05) is 6.61 Å². The first-order chi connectivity index (χ1) is 5.79. The summed E-state index contributed by atoms with van der Waals surface area (Å²) in [5.74, 6) is 0.731. The number of hydrogen-bond acceptors (Lipinski definition) is 3. The molecule has 12 heavy (non-hydrogen) atoms. The van der Waals surface area contributed by atoms with Crippen molar-refractivity contribution in [1.29, 1.82) is 0 Å². The van der Waals surface area contributed by atoms with E-state index >= 15 is 0 Å². The molecule has 0 radical (unpaired) electrons. The summed E-state index contributed by atoms with van der Waals surface area (Å²) in [4.78, 5) is 14.4. The number of rotatable bonds is 3. The van der Waals surface area contributed by atoms with Gasteiger partial charge >= 0.3 is 0 Å². The van der Waals surface area contributed by atoms with E-state index < -0.39 is 0 Å². The van der Waals surface area contributed by atoms with Crippen LogP contribution in [0.15, 0.2) is 12.3 Å². The Morgan fingerprint density at radius 1 is 1.67 bits per heavy atom. The number of aldehydes is 1. The highest BCUT2D eigenvalue weighted by molar-refractivity contribution is 5.75. The number of nitrogens with zero attached hydrogens (tertiary/aromatic N) is 1. The van der Waals surface area contributed by atoms with E-state index in [0.29, 0.717) is 12.3 Å². The molecular formula is C9H11NO2. The van der Waals surface area contributed by atoms with Crippen LogP contribution in [0.2, 0.25) is 0 Å². The SMILES string of the molecule is CCOc1ccnc(C=O)c1C. The van der Waals surface area contributed by atoms with Gasteiger partial charge in [-0.1, -0.05) is 0 Å².